The third-order valence-electron chi connectivity index (χ3n) is 1.73. The van der Waals surface area contributed by atoms with Crippen molar-refractivity contribution < 1.29 is 18.7 Å². The van der Waals surface area contributed by atoms with Gasteiger partial charge >= 0.3 is 5.97 Å². The Morgan fingerprint density at radius 2 is 2.07 bits per heavy atom. The zero-order valence-corrected chi connectivity index (χ0v) is 8.72. The zero-order chi connectivity index (χ0) is 10.9. The lowest BCUT2D eigenvalue weighted by atomic mass is 10.1. The van der Waals surface area contributed by atoms with Crippen molar-refractivity contribution in [1.82, 2.24) is 0 Å². The minimum Gasteiger partial charge on any atom is -0.478 e. The minimum atomic E-state index is -2.23. The standard InChI is InChI=1S/C8H7ClO4S/c1-4-6(9)2-5(8(10)11)3-7(4)14(12)13/h2-3H,1H3,(H,10,11)(H,12,13). The molecule has 0 radical (unpaired) electrons. The summed E-state index contributed by atoms with van der Waals surface area (Å²) < 4.78 is 19.7. The average molecular weight is 235 g/mol. The lowest BCUT2D eigenvalue weighted by Crippen LogP contribution is -2.01. The van der Waals surface area contributed by atoms with Crippen LogP contribution in [-0.4, -0.2) is 19.8 Å². The topological polar surface area (TPSA) is 74.6 Å². The van der Waals surface area contributed by atoms with E-state index in [1.54, 1.807) is 6.92 Å². The van der Waals surface area contributed by atoms with Gasteiger partial charge in [0.15, 0.2) is 11.1 Å². The van der Waals surface area contributed by atoms with E-state index in [2.05, 4.69) is 0 Å². The molecular formula is C8H7ClO4S. The first-order valence-corrected chi connectivity index (χ1v) is 5.06. The third kappa shape index (κ3) is 2.12. The van der Waals surface area contributed by atoms with E-state index in [1.165, 1.54) is 6.07 Å². The van der Waals surface area contributed by atoms with Crippen molar-refractivity contribution in [3.05, 3.63) is 28.3 Å². The van der Waals surface area contributed by atoms with Gasteiger partial charge in [-0.1, -0.05) is 11.6 Å². The number of rotatable bonds is 2. The van der Waals surface area contributed by atoms with Crippen LogP contribution in [0, 0.1) is 6.92 Å². The highest BCUT2D eigenvalue weighted by Gasteiger charge is 2.13. The van der Waals surface area contributed by atoms with Gasteiger partial charge in [-0.2, -0.15) is 0 Å². The largest absolute Gasteiger partial charge is 0.478 e. The van der Waals surface area contributed by atoms with E-state index in [4.69, 9.17) is 21.3 Å². The molecule has 0 saturated carbocycles. The number of hydrogen-bond acceptors (Lipinski definition) is 2. The van der Waals surface area contributed by atoms with Gasteiger partial charge in [0, 0.05) is 5.02 Å². The predicted octanol–water partition coefficient (Wildman–Crippen LogP) is 1.93. The molecule has 0 spiro atoms. The summed E-state index contributed by atoms with van der Waals surface area (Å²) in [4.78, 5) is 10.6. The van der Waals surface area contributed by atoms with Gasteiger partial charge < -0.3 is 9.66 Å². The first-order chi connectivity index (χ1) is 6.43. The normalized spacial score (nSPS) is 12.5. The summed E-state index contributed by atoms with van der Waals surface area (Å²) in [6, 6.07) is 2.38. The van der Waals surface area contributed by atoms with Gasteiger partial charge in [0.2, 0.25) is 0 Å². The fourth-order valence-corrected chi connectivity index (χ4v) is 1.83. The number of carboxylic acids is 1. The summed E-state index contributed by atoms with van der Waals surface area (Å²) in [5.41, 5.74) is 0.315. The van der Waals surface area contributed by atoms with Crippen LogP contribution in [0.2, 0.25) is 5.02 Å². The molecule has 1 atom stereocenters. The van der Waals surface area contributed by atoms with Crippen LogP contribution in [0.4, 0.5) is 0 Å². The molecule has 0 aliphatic rings. The van der Waals surface area contributed by atoms with Crippen molar-refractivity contribution in [1.29, 1.82) is 0 Å². The number of carboxylic acid groups (broad SMARTS) is 1. The molecule has 0 saturated heterocycles. The van der Waals surface area contributed by atoms with Gasteiger partial charge in [-0.25, -0.2) is 9.00 Å². The number of carbonyl (C=O) groups is 1. The van der Waals surface area contributed by atoms with Crippen molar-refractivity contribution in [2.45, 2.75) is 11.8 Å². The second-order valence-corrected chi connectivity index (χ2v) is 3.98. The predicted molar refractivity (Wildman–Crippen MR) is 52.2 cm³/mol. The molecule has 6 heteroatoms. The molecule has 1 unspecified atom stereocenters. The number of aromatic carboxylic acids is 1. The fraction of sp³-hybridized carbons (Fsp3) is 0.125. The summed E-state index contributed by atoms with van der Waals surface area (Å²) in [6.07, 6.45) is 0. The first-order valence-electron chi connectivity index (χ1n) is 3.57. The SMILES string of the molecule is Cc1c(Cl)cc(C(=O)O)cc1S(=O)O. The molecule has 0 fully saturated rings. The summed E-state index contributed by atoms with van der Waals surface area (Å²) >= 11 is 3.47. The monoisotopic (exact) mass is 234 g/mol. The van der Waals surface area contributed by atoms with Crippen molar-refractivity contribution in [3.8, 4) is 0 Å². The summed E-state index contributed by atoms with van der Waals surface area (Å²) in [6.45, 7) is 1.55. The maximum absolute atomic E-state index is 10.8. The lowest BCUT2D eigenvalue weighted by molar-refractivity contribution is 0.0696. The van der Waals surface area contributed by atoms with E-state index >= 15 is 0 Å². The summed E-state index contributed by atoms with van der Waals surface area (Å²) in [5, 5.41) is 8.84. The summed E-state index contributed by atoms with van der Waals surface area (Å²) in [7, 11) is 0. The fourth-order valence-electron chi connectivity index (χ4n) is 0.958. The van der Waals surface area contributed by atoms with Gasteiger partial charge in [-0.05, 0) is 24.6 Å². The van der Waals surface area contributed by atoms with Gasteiger partial charge in [-0.15, -0.1) is 0 Å². The Labute approximate surface area is 87.8 Å². The van der Waals surface area contributed by atoms with Gasteiger partial charge in [0.1, 0.15) is 0 Å². The van der Waals surface area contributed by atoms with Crippen molar-refractivity contribution in [2.75, 3.05) is 0 Å². The number of halogens is 1. The minimum absolute atomic E-state index is 0.0231. The Balaban J connectivity index is 3.43. The Kier molecular flexibility index (Phi) is 3.25. The Morgan fingerprint density at radius 3 is 2.50 bits per heavy atom. The molecule has 1 aromatic rings. The molecule has 76 valence electrons. The lowest BCUT2D eigenvalue weighted by Gasteiger charge is -2.05. The van der Waals surface area contributed by atoms with E-state index in [0.29, 0.717) is 5.56 Å². The maximum atomic E-state index is 10.8. The first kappa shape index (κ1) is 11.2. The van der Waals surface area contributed by atoms with Crippen LogP contribution in [0.15, 0.2) is 17.0 Å². The van der Waals surface area contributed by atoms with Gasteiger partial charge in [-0.3, -0.25) is 0 Å². The van der Waals surface area contributed by atoms with E-state index in [9.17, 15) is 9.00 Å². The Morgan fingerprint density at radius 1 is 1.50 bits per heavy atom. The Bertz CT molecular complexity index is 416. The molecular weight excluding hydrogens is 228 g/mol. The molecule has 1 rings (SSSR count). The van der Waals surface area contributed by atoms with Crippen LogP contribution in [-0.2, 0) is 11.1 Å². The molecule has 1 aromatic carbocycles. The van der Waals surface area contributed by atoms with Crippen LogP contribution >= 0.6 is 11.6 Å². The second kappa shape index (κ2) is 4.08. The molecule has 0 aliphatic carbocycles. The molecule has 0 bridgehead atoms. The molecule has 14 heavy (non-hydrogen) atoms. The highest BCUT2D eigenvalue weighted by molar-refractivity contribution is 7.79. The zero-order valence-electron chi connectivity index (χ0n) is 7.15. The van der Waals surface area contributed by atoms with Crippen LogP contribution < -0.4 is 0 Å². The smallest absolute Gasteiger partial charge is 0.335 e. The Hall–Kier alpha value is -0.910. The van der Waals surface area contributed by atoms with E-state index in [0.717, 1.165) is 6.07 Å². The summed E-state index contributed by atoms with van der Waals surface area (Å²) in [5.74, 6) is -1.18. The van der Waals surface area contributed by atoms with Crippen LogP contribution in [0.1, 0.15) is 15.9 Å². The van der Waals surface area contributed by atoms with Crippen molar-refractivity contribution in [2.24, 2.45) is 0 Å². The van der Waals surface area contributed by atoms with Crippen LogP contribution in [0.5, 0.6) is 0 Å². The number of hydrogen-bond donors (Lipinski definition) is 2. The van der Waals surface area contributed by atoms with Crippen molar-refractivity contribution in [3.63, 3.8) is 0 Å². The molecule has 4 nitrogen and oxygen atoms in total. The van der Waals surface area contributed by atoms with Crippen LogP contribution in [0.25, 0.3) is 0 Å². The quantitative estimate of drug-likeness (QED) is 0.767. The molecule has 0 aromatic heterocycles. The third-order valence-corrected chi connectivity index (χ3v) is 2.92. The second-order valence-electron chi connectivity index (χ2n) is 2.64. The van der Waals surface area contributed by atoms with E-state index in [1.807, 2.05) is 0 Å². The van der Waals surface area contributed by atoms with Crippen LogP contribution in [0.3, 0.4) is 0 Å². The van der Waals surface area contributed by atoms with Crippen molar-refractivity contribution >= 4 is 28.7 Å². The molecule has 2 N–H and O–H groups in total. The molecule has 0 amide bonds. The van der Waals surface area contributed by atoms with E-state index in [-0.39, 0.29) is 15.5 Å². The highest BCUT2D eigenvalue weighted by Crippen LogP contribution is 2.23. The highest BCUT2D eigenvalue weighted by atomic mass is 35.5. The average Bonchev–Trinajstić information content (AvgIpc) is 2.08. The van der Waals surface area contributed by atoms with Gasteiger partial charge in [0.25, 0.3) is 0 Å². The maximum Gasteiger partial charge on any atom is 0.335 e. The molecule has 0 heterocycles. The van der Waals surface area contributed by atoms with Gasteiger partial charge in [0.05, 0.1) is 10.5 Å². The van der Waals surface area contributed by atoms with E-state index < -0.39 is 17.0 Å². The number of benzene rings is 1. The molecule has 0 aliphatic heterocycles.